The molecular weight excluding hydrogens is 815 g/mol. The second kappa shape index (κ2) is 19.1. The maximum absolute atomic E-state index is 4.93. The summed E-state index contributed by atoms with van der Waals surface area (Å²) < 4.78 is 0. The minimum Gasteiger partial charge on any atom is -0.184 e. The average molecular weight is 864 g/mol. The second-order valence-electron chi connectivity index (χ2n) is 15.2. The van der Waals surface area contributed by atoms with Gasteiger partial charge in [-0.25, -0.2) is 0 Å². The van der Waals surface area contributed by atoms with Crippen molar-refractivity contribution in [2.24, 2.45) is 0 Å². The first-order valence-corrected chi connectivity index (χ1v) is 26.7. The molecule has 282 valence electrons. The molecule has 8 aromatic rings. The molecule has 8 aromatic carbocycles. The van der Waals surface area contributed by atoms with Gasteiger partial charge in [-0.05, 0) is 61.8 Å². The van der Waals surface area contributed by atoms with Crippen LogP contribution in [0.25, 0.3) is 54.9 Å². The molecule has 1 heterocycles. The smallest absolute Gasteiger partial charge is 0.0920 e. The van der Waals surface area contributed by atoms with Crippen LogP contribution in [-0.2, 0) is 20.8 Å². The van der Waals surface area contributed by atoms with Crippen LogP contribution < -0.4 is 10.4 Å². The van der Waals surface area contributed by atoms with Crippen LogP contribution in [0.2, 0.25) is 0 Å². The fourth-order valence-corrected chi connectivity index (χ4v) is 8.95. The van der Waals surface area contributed by atoms with Crippen LogP contribution in [0.4, 0.5) is 0 Å². The van der Waals surface area contributed by atoms with Crippen LogP contribution in [0.1, 0.15) is 72.9 Å². The molecule has 0 saturated heterocycles. The fourth-order valence-electron chi connectivity index (χ4n) is 7.64. The van der Waals surface area contributed by atoms with Gasteiger partial charge in [0.05, 0.1) is 9.52 Å². The van der Waals surface area contributed by atoms with E-state index in [1.807, 2.05) is 6.07 Å². The Labute approximate surface area is 356 Å². The molecule has 0 fully saturated rings. The van der Waals surface area contributed by atoms with E-state index in [0.717, 1.165) is 9.52 Å². The standard InChI is InChI=1S/2C20H21.C12H7Si.2ClH.Zr/c2*1-13(2)17-11-16-10-9-15(4)20(19(16)12-17)18-8-6-5-7-14(18)3;1-3-7-11-9(5-1)10-6-2-4-8-12(10)13-11;;;/h2*5-13H,1-4H3;1-7H;2*1H;/q3*-1;;;+2/p-2. The number of aryl methyl sites for hydroxylation is 4. The maximum Gasteiger partial charge on any atom is 0.0920 e. The minimum atomic E-state index is -0.826. The molecule has 0 saturated carbocycles. The van der Waals surface area contributed by atoms with E-state index in [1.165, 1.54) is 98.7 Å². The van der Waals surface area contributed by atoms with Crippen molar-refractivity contribution in [2.45, 2.75) is 67.2 Å². The molecule has 0 spiro atoms. The van der Waals surface area contributed by atoms with Gasteiger partial charge in [-0.2, -0.15) is 41.6 Å². The van der Waals surface area contributed by atoms with Crippen molar-refractivity contribution in [1.29, 1.82) is 0 Å². The molecule has 1 aliphatic rings. The Morgan fingerprint density at radius 2 is 0.946 bits per heavy atom. The number of fused-ring (bicyclic) bond motifs is 5. The Morgan fingerprint density at radius 1 is 0.518 bits per heavy atom. The van der Waals surface area contributed by atoms with E-state index in [1.54, 1.807) is 0 Å². The van der Waals surface area contributed by atoms with Crippen molar-refractivity contribution in [3.63, 3.8) is 0 Å². The topological polar surface area (TPSA) is 0 Å². The van der Waals surface area contributed by atoms with Crippen LogP contribution in [0.15, 0.2) is 140 Å². The van der Waals surface area contributed by atoms with Crippen molar-refractivity contribution in [2.75, 3.05) is 0 Å². The third kappa shape index (κ3) is 9.33. The van der Waals surface area contributed by atoms with Gasteiger partial charge in [0.25, 0.3) is 0 Å². The van der Waals surface area contributed by atoms with Crippen LogP contribution >= 0.6 is 17.0 Å². The molecule has 0 aromatic heterocycles. The molecule has 0 aliphatic carbocycles. The van der Waals surface area contributed by atoms with E-state index in [2.05, 4.69) is 195 Å². The van der Waals surface area contributed by atoms with Crippen molar-refractivity contribution in [1.82, 2.24) is 0 Å². The van der Waals surface area contributed by atoms with Crippen molar-refractivity contribution >= 4 is 58.5 Å². The number of rotatable bonds is 4. The van der Waals surface area contributed by atoms with Crippen molar-refractivity contribution in [3.05, 3.63) is 179 Å². The first-order chi connectivity index (χ1) is 27.0. The van der Waals surface area contributed by atoms with Gasteiger partial charge in [0.2, 0.25) is 0 Å². The zero-order valence-corrected chi connectivity index (χ0v) is 38.7. The summed E-state index contributed by atoms with van der Waals surface area (Å²) in [7, 11) is 10.7. The van der Waals surface area contributed by atoms with Gasteiger partial charge in [0, 0.05) is 0 Å². The van der Waals surface area contributed by atoms with E-state index in [9.17, 15) is 0 Å². The zero-order valence-electron chi connectivity index (χ0n) is 33.7. The number of benzene rings is 6. The number of hydrogen-bond donors (Lipinski definition) is 0. The summed E-state index contributed by atoms with van der Waals surface area (Å²) in [5.74, 6) is 1.15. The molecule has 0 nitrogen and oxygen atoms in total. The van der Waals surface area contributed by atoms with Crippen LogP contribution in [0.5, 0.6) is 0 Å². The third-order valence-corrected chi connectivity index (χ3v) is 12.1. The van der Waals surface area contributed by atoms with E-state index >= 15 is 0 Å². The Balaban J connectivity index is 0.000000140. The van der Waals surface area contributed by atoms with E-state index in [-0.39, 0.29) is 0 Å². The van der Waals surface area contributed by atoms with E-state index in [4.69, 9.17) is 17.0 Å². The summed E-state index contributed by atoms with van der Waals surface area (Å²) in [6.07, 6.45) is 0. The van der Waals surface area contributed by atoms with Crippen LogP contribution in [0.3, 0.4) is 0 Å². The molecule has 0 bridgehead atoms. The summed E-state index contributed by atoms with van der Waals surface area (Å²) in [6.45, 7) is 17.8. The summed E-state index contributed by atoms with van der Waals surface area (Å²) in [6, 6.07) is 53.9. The fraction of sp³-hybridized carbons (Fsp3) is 0.192. The average Bonchev–Trinajstić information content (AvgIpc) is 3.93. The Bertz CT molecular complexity index is 2390. The van der Waals surface area contributed by atoms with Gasteiger partial charge in [-0.3, -0.25) is 0 Å². The first-order valence-electron chi connectivity index (χ1n) is 19.4. The summed E-state index contributed by atoms with van der Waals surface area (Å²) in [5.41, 5.74) is 16.5. The van der Waals surface area contributed by atoms with Gasteiger partial charge in [0.15, 0.2) is 0 Å². The van der Waals surface area contributed by atoms with Gasteiger partial charge in [0.1, 0.15) is 0 Å². The molecule has 1 aliphatic heterocycles. The Kier molecular flexibility index (Phi) is 14.3. The molecule has 9 rings (SSSR count). The summed E-state index contributed by atoms with van der Waals surface area (Å²) >= 11 is -0.826. The molecule has 56 heavy (non-hydrogen) atoms. The van der Waals surface area contributed by atoms with Gasteiger partial charge in [-0.1, -0.05) is 133 Å². The van der Waals surface area contributed by atoms with E-state index < -0.39 is 20.8 Å². The summed E-state index contributed by atoms with van der Waals surface area (Å²) in [5, 5.41) is 8.32. The molecule has 4 heteroatoms. The second-order valence-corrected chi connectivity index (χ2v) is 20.3. The molecule has 0 amide bonds. The van der Waals surface area contributed by atoms with Crippen LogP contribution in [0, 0.1) is 33.8 Å². The Hall–Kier alpha value is -3.78. The SMILES string of the molecule is Cc1ccccc1-c1c(C)ccc2[cH-]c(C(C)C)cc12.Cc1ccccc1-c1c(C)ccc2[cH-]c(C(C)C)cc12.[Cl][Zr][Cl].[c-]1cccc2c1[Si]c1ccccc1-2. The first kappa shape index (κ1) is 41.8. The Morgan fingerprint density at radius 3 is 1.41 bits per heavy atom. The summed E-state index contributed by atoms with van der Waals surface area (Å²) in [4.78, 5) is 0. The van der Waals surface area contributed by atoms with E-state index in [0.29, 0.717) is 11.8 Å². The molecule has 0 atom stereocenters. The normalized spacial score (nSPS) is 11.3. The predicted molar refractivity (Wildman–Crippen MR) is 245 cm³/mol. The zero-order chi connectivity index (χ0) is 39.9. The van der Waals surface area contributed by atoms with Gasteiger partial charge >= 0.3 is 37.9 Å². The van der Waals surface area contributed by atoms with Gasteiger partial charge in [-0.15, -0.1) is 74.6 Å². The molecular formula is C52H49Cl2SiZr-3. The largest absolute Gasteiger partial charge is 0.184 e. The predicted octanol–water partition coefficient (Wildman–Crippen LogP) is 14.4. The third-order valence-electron chi connectivity index (χ3n) is 10.7. The maximum atomic E-state index is 4.93. The number of halogens is 2. The molecule has 0 unspecified atom stereocenters. The molecule has 0 N–H and O–H groups in total. The van der Waals surface area contributed by atoms with Crippen molar-refractivity contribution in [3.8, 4) is 33.4 Å². The molecule has 2 radical (unpaired) electrons. The van der Waals surface area contributed by atoms with Crippen molar-refractivity contribution < 1.29 is 20.8 Å². The van der Waals surface area contributed by atoms with Crippen LogP contribution in [-0.4, -0.2) is 9.52 Å². The minimum absolute atomic E-state index is 0.576. The monoisotopic (exact) mass is 861 g/mol. The van der Waals surface area contributed by atoms with Gasteiger partial charge < -0.3 is 0 Å². The number of hydrogen-bond acceptors (Lipinski definition) is 0. The quantitative estimate of drug-likeness (QED) is 0.122.